The van der Waals surface area contributed by atoms with E-state index in [9.17, 15) is 5.11 Å². The van der Waals surface area contributed by atoms with Crippen molar-refractivity contribution < 1.29 is 9.84 Å². The van der Waals surface area contributed by atoms with Gasteiger partial charge in [0.2, 0.25) is 0 Å². The zero-order valence-corrected chi connectivity index (χ0v) is 15.5. The molecule has 0 aromatic heterocycles. The molecule has 0 atom stereocenters. The first-order chi connectivity index (χ1) is 9.36. The summed E-state index contributed by atoms with van der Waals surface area (Å²) in [5, 5.41) is 17.0. The monoisotopic (exact) mass is 345 g/mol. The number of ether oxygens (including phenoxy) is 1. The van der Waals surface area contributed by atoms with Crippen LogP contribution in [0.5, 0.6) is 5.75 Å². The summed E-state index contributed by atoms with van der Waals surface area (Å²) < 4.78 is 6.01. The fraction of sp³-hybridized carbons (Fsp3) is 0.562. The second-order valence-corrected chi connectivity index (χ2v) is 4.49. The highest BCUT2D eigenvalue weighted by atomic mass is 79.9. The van der Waals surface area contributed by atoms with Crippen molar-refractivity contribution in [2.75, 3.05) is 7.11 Å². The van der Waals surface area contributed by atoms with Crippen LogP contribution in [0, 0.1) is 11.3 Å². The number of nitrogens with zero attached hydrogens (tertiary/aromatic N) is 1. The molecule has 0 aliphatic heterocycles. The predicted molar refractivity (Wildman–Crippen MR) is 89.9 cm³/mol. The third-order valence-electron chi connectivity index (χ3n) is 1.86. The fourth-order valence-electron chi connectivity index (χ4n) is 1.04. The first-order valence-electron chi connectivity index (χ1n) is 6.74. The van der Waals surface area contributed by atoms with E-state index in [1.807, 2.05) is 45.9 Å². The molecule has 0 aliphatic rings. The molecule has 4 heteroatoms. The zero-order valence-electron chi connectivity index (χ0n) is 13.9. The highest BCUT2D eigenvalue weighted by Gasteiger charge is 2.17. The van der Waals surface area contributed by atoms with Crippen molar-refractivity contribution in [2.24, 2.45) is 0 Å². The molecule has 0 amide bonds. The van der Waals surface area contributed by atoms with Gasteiger partial charge in [-0.3, -0.25) is 0 Å². The van der Waals surface area contributed by atoms with Gasteiger partial charge in [-0.2, -0.15) is 5.26 Å². The Morgan fingerprint density at radius 1 is 1.20 bits per heavy atom. The summed E-state index contributed by atoms with van der Waals surface area (Å²) >= 11 is 3.35. The van der Waals surface area contributed by atoms with E-state index in [0.717, 1.165) is 15.8 Å². The van der Waals surface area contributed by atoms with E-state index < -0.39 is 5.60 Å². The van der Waals surface area contributed by atoms with Crippen LogP contribution in [0.15, 0.2) is 22.7 Å². The van der Waals surface area contributed by atoms with E-state index in [-0.39, 0.29) is 0 Å². The summed E-state index contributed by atoms with van der Waals surface area (Å²) in [5.74, 6) is 0.736. The zero-order chi connectivity index (χ0) is 16.8. The van der Waals surface area contributed by atoms with Gasteiger partial charge in [0.1, 0.15) is 5.75 Å². The molecule has 0 aliphatic carbocycles. The molecule has 3 nitrogen and oxygen atoms in total. The van der Waals surface area contributed by atoms with Crippen LogP contribution in [-0.4, -0.2) is 12.2 Å². The number of nitriles is 1. The van der Waals surface area contributed by atoms with Crippen LogP contribution in [-0.2, 0) is 5.60 Å². The Bertz CT molecular complexity index is 379. The van der Waals surface area contributed by atoms with Crippen molar-refractivity contribution in [1.29, 1.82) is 5.26 Å². The first-order valence-corrected chi connectivity index (χ1v) is 7.53. The summed E-state index contributed by atoms with van der Waals surface area (Å²) in [6.45, 7) is 12.9. The lowest BCUT2D eigenvalue weighted by Crippen LogP contribution is -2.15. The third kappa shape index (κ3) is 10.8. The van der Waals surface area contributed by atoms with Crippen LogP contribution in [0.3, 0.4) is 0 Å². The van der Waals surface area contributed by atoms with Crippen molar-refractivity contribution in [3.05, 3.63) is 28.2 Å². The van der Waals surface area contributed by atoms with Crippen LogP contribution < -0.4 is 4.74 Å². The van der Waals surface area contributed by atoms with E-state index >= 15 is 0 Å². The second-order valence-electron chi connectivity index (χ2n) is 3.63. The van der Waals surface area contributed by atoms with E-state index in [4.69, 9.17) is 10.00 Å². The largest absolute Gasteiger partial charge is 0.496 e. The molecule has 1 rings (SSSR count). The minimum Gasteiger partial charge on any atom is -0.496 e. The molecule has 0 fully saturated rings. The third-order valence-corrected chi connectivity index (χ3v) is 2.51. The molecule has 0 bridgehead atoms. The quantitative estimate of drug-likeness (QED) is 0.794. The standard InChI is InChI=1S/C10H13BrO2.C2H3N.2C2H6/c1-10(2,12)7-4-5-8(11)9(6-7)13-3;1-2-3;2*1-2/h4-6,12H,1-3H3;1H3;2*1-2H3. The smallest absolute Gasteiger partial charge is 0.133 e. The number of hydrogen-bond donors (Lipinski definition) is 1. The maximum Gasteiger partial charge on any atom is 0.133 e. The number of rotatable bonds is 2. The minimum atomic E-state index is -0.825. The van der Waals surface area contributed by atoms with Crippen LogP contribution in [0.2, 0.25) is 0 Å². The molecule has 0 spiro atoms. The topological polar surface area (TPSA) is 53.2 Å². The van der Waals surface area contributed by atoms with Crippen LogP contribution in [0.1, 0.15) is 54.0 Å². The van der Waals surface area contributed by atoms with Crippen molar-refractivity contribution in [2.45, 2.75) is 54.1 Å². The van der Waals surface area contributed by atoms with Gasteiger partial charge in [0.05, 0.1) is 23.3 Å². The summed E-state index contributed by atoms with van der Waals surface area (Å²) in [7, 11) is 1.61. The Labute approximate surface area is 132 Å². The van der Waals surface area contributed by atoms with Gasteiger partial charge in [-0.1, -0.05) is 33.8 Å². The molecule has 0 heterocycles. The van der Waals surface area contributed by atoms with Gasteiger partial charge in [0.25, 0.3) is 0 Å². The number of hydrogen-bond acceptors (Lipinski definition) is 3. The van der Waals surface area contributed by atoms with E-state index in [1.165, 1.54) is 6.92 Å². The summed E-state index contributed by atoms with van der Waals surface area (Å²) in [4.78, 5) is 0. The number of halogens is 1. The molecule has 20 heavy (non-hydrogen) atoms. The maximum absolute atomic E-state index is 9.73. The lowest BCUT2D eigenvalue weighted by Gasteiger charge is -2.18. The Morgan fingerprint density at radius 2 is 1.60 bits per heavy atom. The van der Waals surface area contributed by atoms with Crippen LogP contribution in [0.25, 0.3) is 0 Å². The van der Waals surface area contributed by atoms with E-state index in [2.05, 4.69) is 15.9 Å². The van der Waals surface area contributed by atoms with E-state index in [1.54, 1.807) is 27.0 Å². The highest BCUT2D eigenvalue weighted by Crippen LogP contribution is 2.30. The normalized spacial score (nSPS) is 8.45. The highest BCUT2D eigenvalue weighted by molar-refractivity contribution is 9.10. The molecule has 116 valence electrons. The van der Waals surface area contributed by atoms with E-state index in [0.29, 0.717) is 0 Å². The first kappa shape index (κ1) is 24.0. The Morgan fingerprint density at radius 3 is 1.90 bits per heavy atom. The van der Waals surface area contributed by atoms with Crippen molar-refractivity contribution in [1.82, 2.24) is 0 Å². The van der Waals surface area contributed by atoms with Gasteiger partial charge in [-0.05, 0) is 47.5 Å². The van der Waals surface area contributed by atoms with Crippen molar-refractivity contribution >= 4 is 15.9 Å². The Hall–Kier alpha value is -1.05. The predicted octanol–water partition coefficient (Wildman–Crippen LogP) is 5.27. The van der Waals surface area contributed by atoms with Gasteiger partial charge in [-0.25, -0.2) is 0 Å². The molecule has 0 saturated heterocycles. The molecule has 1 aromatic carbocycles. The molecule has 1 N–H and O–H groups in total. The Balaban J connectivity index is -0.000000355. The lowest BCUT2D eigenvalue weighted by molar-refractivity contribution is 0.0783. The van der Waals surface area contributed by atoms with Crippen molar-refractivity contribution in [3.63, 3.8) is 0 Å². The summed E-state index contributed by atoms with van der Waals surface area (Å²) in [5.41, 5.74) is 0.0149. The molecule has 0 saturated carbocycles. The Kier molecular flexibility index (Phi) is 17.2. The minimum absolute atomic E-state index is 0.736. The summed E-state index contributed by atoms with van der Waals surface area (Å²) in [6, 6.07) is 7.31. The van der Waals surface area contributed by atoms with Crippen molar-refractivity contribution in [3.8, 4) is 11.8 Å². The van der Waals surface area contributed by atoms with Gasteiger partial charge >= 0.3 is 0 Å². The molecular formula is C16H28BrNO2. The maximum atomic E-state index is 9.73. The van der Waals surface area contributed by atoms with Gasteiger partial charge < -0.3 is 9.84 Å². The van der Waals surface area contributed by atoms with Gasteiger partial charge in [0.15, 0.2) is 0 Å². The average Bonchev–Trinajstić information content (AvgIpc) is 2.43. The average molecular weight is 346 g/mol. The molecular weight excluding hydrogens is 318 g/mol. The lowest BCUT2D eigenvalue weighted by atomic mass is 9.98. The van der Waals surface area contributed by atoms with Crippen LogP contribution >= 0.6 is 15.9 Å². The van der Waals surface area contributed by atoms with Gasteiger partial charge in [-0.15, -0.1) is 0 Å². The fourth-order valence-corrected chi connectivity index (χ4v) is 1.45. The molecule has 1 aromatic rings. The van der Waals surface area contributed by atoms with Crippen LogP contribution in [0.4, 0.5) is 0 Å². The van der Waals surface area contributed by atoms with Gasteiger partial charge in [0, 0.05) is 6.92 Å². The SMILES string of the molecule is CC.CC.CC#N.COc1cc(C(C)(C)O)ccc1Br. The molecule has 0 unspecified atom stereocenters. The molecule has 0 radical (unpaired) electrons. The second kappa shape index (κ2) is 14.4. The number of aliphatic hydroxyl groups is 1. The number of benzene rings is 1. The summed E-state index contributed by atoms with van der Waals surface area (Å²) in [6.07, 6.45) is 0. The number of methoxy groups -OCH3 is 1.